The molecular formula is C10H11N3O2. The van der Waals surface area contributed by atoms with Gasteiger partial charge in [0.1, 0.15) is 0 Å². The highest BCUT2D eigenvalue weighted by Crippen LogP contribution is 2.05. The Bertz CT molecular complexity index is 445. The average molecular weight is 205 g/mol. The molecule has 0 saturated carbocycles. The van der Waals surface area contributed by atoms with Gasteiger partial charge in [-0.25, -0.2) is 0 Å². The van der Waals surface area contributed by atoms with Crippen LogP contribution in [0.1, 0.15) is 21.7 Å². The molecule has 0 radical (unpaired) electrons. The summed E-state index contributed by atoms with van der Waals surface area (Å²) in [4.78, 5) is 14.5. The summed E-state index contributed by atoms with van der Waals surface area (Å²) >= 11 is 0. The van der Waals surface area contributed by atoms with Crippen LogP contribution in [0.5, 0.6) is 0 Å². The first-order chi connectivity index (χ1) is 7.27. The Morgan fingerprint density at radius 3 is 3.13 bits per heavy atom. The number of amides is 1. The monoisotopic (exact) mass is 205 g/mol. The van der Waals surface area contributed by atoms with Crippen LogP contribution in [-0.2, 0) is 6.54 Å². The normalized spacial score (nSPS) is 10.2. The van der Waals surface area contributed by atoms with Crippen LogP contribution in [0.3, 0.4) is 0 Å². The molecule has 0 unspecified atom stereocenters. The summed E-state index contributed by atoms with van der Waals surface area (Å²) in [5.74, 6) is 0.0248. The number of aryl methyl sites for hydroxylation is 1. The lowest BCUT2D eigenvalue weighted by Gasteiger charge is -2.00. The Morgan fingerprint density at radius 2 is 2.53 bits per heavy atom. The molecule has 0 aliphatic carbocycles. The zero-order valence-electron chi connectivity index (χ0n) is 8.28. The lowest BCUT2D eigenvalue weighted by molar-refractivity contribution is 0.0913. The van der Waals surface area contributed by atoms with Crippen molar-refractivity contribution in [2.75, 3.05) is 0 Å². The fourth-order valence-electron chi connectivity index (χ4n) is 1.24. The van der Waals surface area contributed by atoms with E-state index in [2.05, 4.69) is 15.5 Å². The molecule has 2 aromatic heterocycles. The van der Waals surface area contributed by atoms with Crippen molar-refractivity contribution < 1.29 is 9.32 Å². The van der Waals surface area contributed by atoms with Gasteiger partial charge in [0, 0.05) is 24.5 Å². The second kappa shape index (κ2) is 4.00. The molecule has 2 N–H and O–H groups in total. The Balaban J connectivity index is 1.96. The second-order valence-electron chi connectivity index (χ2n) is 3.24. The minimum atomic E-state index is -0.244. The second-order valence-corrected chi connectivity index (χ2v) is 3.24. The third-order valence-corrected chi connectivity index (χ3v) is 2.07. The van der Waals surface area contributed by atoms with Crippen LogP contribution in [0, 0.1) is 6.92 Å². The molecule has 0 bridgehead atoms. The van der Waals surface area contributed by atoms with E-state index in [9.17, 15) is 4.79 Å². The van der Waals surface area contributed by atoms with E-state index in [1.54, 1.807) is 13.1 Å². The summed E-state index contributed by atoms with van der Waals surface area (Å²) in [5, 5.41) is 6.28. The molecule has 0 fully saturated rings. The number of hydrogen-bond donors (Lipinski definition) is 2. The molecule has 5 heteroatoms. The van der Waals surface area contributed by atoms with Crippen LogP contribution >= 0.6 is 0 Å². The maximum Gasteiger partial charge on any atom is 0.290 e. The van der Waals surface area contributed by atoms with Crippen molar-refractivity contribution in [2.45, 2.75) is 13.5 Å². The van der Waals surface area contributed by atoms with Gasteiger partial charge in [0.15, 0.2) is 0 Å². The molecule has 1 amide bonds. The highest BCUT2D eigenvalue weighted by molar-refractivity contribution is 5.92. The van der Waals surface area contributed by atoms with Crippen LogP contribution in [0.2, 0.25) is 0 Å². The highest BCUT2D eigenvalue weighted by Gasteiger charge is 2.13. The van der Waals surface area contributed by atoms with E-state index in [-0.39, 0.29) is 11.7 Å². The Morgan fingerprint density at radius 1 is 1.67 bits per heavy atom. The lowest BCUT2D eigenvalue weighted by Crippen LogP contribution is -2.22. The number of carbonyl (C=O) groups excluding carboxylic acids is 1. The molecule has 0 aromatic carbocycles. The fourth-order valence-corrected chi connectivity index (χ4v) is 1.24. The smallest absolute Gasteiger partial charge is 0.290 e. The highest BCUT2D eigenvalue weighted by atomic mass is 16.5. The number of rotatable bonds is 3. The topological polar surface area (TPSA) is 70.9 Å². The molecule has 78 valence electrons. The number of aromatic amines is 1. The first-order valence-corrected chi connectivity index (χ1v) is 4.58. The van der Waals surface area contributed by atoms with Crippen LogP contribution in [-0.4, -0.2) is 16.0 Å². The van der Waals surface area contributed by atoms with Crippen molar-refractivity contribution in [2.24, 2.45) is 0 Å². The van der Waals surface area contributed by atoms with Gasteiger partial charge in [0.05, 0.1) is 6.20 Å². The lowest BCUT2D eigenvalue weighted by atomic mass is 10.2. The quantitative estimate of drug-likeness (QED) is 0.791. The van der Waals surface area contributed by atoms with Gasteiger partial charge in [0.25, 0.3) is 5.91 Å². The minimum Gasteiger partial charge on any atom is -0.367 e. The van der Waals surface area contributed by atoms with E-state index < -0.39 is 0 Å². The van der Waals surface area contributed by atoms with Crippen LogP contribution in [0.4, 0.5) is 0 Å². The van der Waals surface area contributed by atoms with Gasteiger partial charge in [-0.3, -0.25) is 4.79 Å². The zero-order chi connectivity index (χ0) is 10.7. The predicted molar refractivity (Wildman–Crippen MR) is 53.2 cm³/mol. The molecule has 0 atom stereocenters. The van der Waals surface area contributed by atoms with Crippen LogP contribution < -0.4 is 5.32 Å². The first kappa shape index (κ1) is 9.51. The summed E-state index contributed by atoms with van der Waals surface area (Å²) in [5.41, 5.74) is 1.75. The van der Waals surface area contributed by atoms with Crippen molar-refractivity contribution in [1.82, 2.24) is 15.5 Å². The summed E-state index contributed by atoms with van der Waals surface area (Å²) < 4.78 is 4.83. The Hall–Kier alpha value is -2.04. The van der Waals surface area contributed by atoms with Gasteiger partial charge in [0.2, 0.25) is 5.76 Å². The molecule has 0 aliphatic heterocycles. The maximum atomic E-state index is 11.6. The summed E-state index contributed by atoms with van der Waals surface area (Å²) in [7, 11) is 0. The van der Waals surface area contributed by atoms with Crippen molar-refractivity contribution in [3.8, 4) is 0 Å². The van der Waals surface area contributed by atoms with Crippen molar-refractivity contribution >= 4 is 5.91 Å². The van der Waals surface area contributed by atoms with E-state index in [1.807, 2.05) is 12.3 Å². The first-order valence-electron chi connectivity index (χ1n) is 4.58. The van der Waals surface area contributed by atoms with Crippen LogP contribution in [0.25, 0.3) is 0 Å². The van der Waals surface area contributed by atoms with Gasteiger partial charge < -0.3 is 14.8 Å². The number of hydrogen-bond acceptors (Lipinski definition) is 3. The third kappa shape index (κ3) is 2.07. The minimum absolute atomic E-state index is 0.244. The number of nitrogens with zero attached hydrogens (tertiary/aromatic N) is 1. The molecule has 2 rings (SSSR count). The summed E-state index contributed by atoms with van der Waals surface area (Å²) in [6, 6.07) is 1.90. The van der Waals surface area contributed by atoms with Gasteiger partial charge in [-0.05, 0) is 18.6 Å². The molecule has 2 heterocycles. The molecule has 5 nitrogen and oxygen atoms in total. The number of aromatic nitrogens is 2. The van der Waals surface area contributed by atoms with Gasteiger partial charge in [-0.1, -0.05) is 5.16 Å². The van der Waals surface area contributed by atoms with E-state index in [1.165, 1.54) is 6.20 Å². The van der Waals surface area contributed by atoms with E-state index in [0.29, 0.717) is 6.54 Å². The SMILES string of the molecule is Cc1cnoc1C(=O)NCc1cc[nH]c1. The predicted octanol–water partition coefficient (Wildman–Crippen LogP) is 1.24. The third-order valence-electron chi connectivity index (χ3n) is 2.07. The molecule has 0 saturated heterocycles. The Kier molecular flexibility index (Phi) is 2.53. The Labute approximate surface area is 86.5 Å². The maximum absolute atomic E-state index is 11.6. The van der Waals surface area contributed by atoms with Gasteiger partial charge in [-0.2, -0.15) is 0 Å². The van der Waals surface area contributed by atoms with E-state index in [4.69, 9.17) is 4.52 Å². The van der Waals surface area contributed by atoms with Crippen molar-refractivity contribution in [3.05, 3.63) is 41.5 Å². The summed E-state index contributed by atoms with van der Waals surface area (Å²) in [6.45, 7) is 2.25. The molecule has 15 heavy (non-hydrogen) atoms. The number of nitrogens with one attached hydrogen (secondary N) is 2. The number of carbonyl (C=O) groups is 1. The number of H-pyrrole nitrogens is 1. The van der Waals surface area contributed by atoms with Gasteiger partial charge >= 0.3 is 0 Å². The van der Waals surface area contributed by atoms with E-state index in [0.717, 1.165) is 11.1 Å². The van der Waals surface area contributed by atoms with Gasteiger partial charge in [-0.15, -0.1) is 0 Å². The standard InChI is InChI=1S/C10H11N3O2/c1-7-4-13-15-9(7)10(14)12-6-8-2-3-11-5-8/h2-5,11H,6H2,1H3,(H,12,14). The zero-order valence-corrected chi connectivity index (χ0v) is 8.28. The van der Waals surface area contributed by atoms with Crippen molar-refractivity contribution in [3.63, 3.8) is 0 Å². The largest absolute Gasteiger partial charge is 0.367 e. The molecule has 0 spiro atoms. The fraction of sp³-hybridized carbons (Fsp3) is 0.200. The summed E-state index contributed by atoms with van der Waals surface area (Å²) in [6.07, 6.45) is 5.15. The van der Waals surface area contributed by atoms with Crippen LogP contribution in [0.15, 0.2) is 29.2 Å². The average Bonchev–Trinajstić information content (AvgIpc) is 2.84. The molecule has 0 aliphatic rings. The van der Waals surface area contributed by atoms with Crippen molar-refractivity contribution in [1.29, 1.82) is 0 Å². The van der Waals surface area contributed by atoms with E-state index >= 15 is 0 Å². The molecular weight excluding hydrogens is 194 g/mol. The molecule has 2 aromatic rings.